The van der Waals surface area contributed by atoms with Crippen molar-refractivity contribution in [3.8, 4) is 6.07 Å². The highest BCUT2D eigenvalue weighted by Gasteiger charge is 2.32. The van der Waals surface area contributed by atoms with Gasteiger partial charge in [0.1, 0.15) is 18.9 Å². The highest BCUT2D eigenvalue weighted by molar-refractivity contribution is 8.00. The van der Waals surface area contributed by atoms with Gasteiger partial charge >= 0.3 is 5.51 Å². The Kier molecular flexibility index (Phi) is 2.83. The molecule has 0 aliphatic heterocycles. The van der Waals surface area contributed by atoms with Crippen LogP contribution >= 0.6 is 11.8 Å². The fourth-order valence-corrected chi connectivity index (χ4v) is 2.18. The van der Waals surface area contributed by atoms with Gasteiger partial charge in [0, 0.05) is 23.5 Å². The van der Waals surface area contributed by atoms with E-state index in [0.717, 1.165) is 0 Å². The molecule has 0 spiro atoms. The Morgan fingerprint density at radius 1 is 1.41 bits per heavy atom. The monoisotopic (exact) mass is 252 g/mol. The Bertz CT molecular complexity index is 612. The predicted molar refractivity (Wildman–Crippen MR) is 59.4 cm³/mol. The number of nitriles is 1. The molecule has 0 bridgehead atoms. The third-order valence-corrected chi connectivity index (χ3v) is 2.97. The van der Waals surface area contributed by atoms with Crippen molar-refractivity contribution in [1.82, 2.24) is 4.40 Å². The zero-order chi connectivity index (χ0) is 12.6. The molecule has 17 heavy (non-hydrogen) atoms. The number of aromatic nitrogens is 1. The molecule has 0 unspecified atom stereocenters. The molecule has 2 radical (unpaired) electrons. The summed E-state index contributed by atoms with van der Waals surface area (Å²) in [6.45, 7) is 0. The van der Waals surface area contributed by atoms with Crippen molar-refractivity contribution in [2.45, 2.75) is 10.5 Å². The van der Waals surface area contributed by atoms with E-state index in [1.54, 1.807) is 12.1 Å². The average molecular weight is 252 g/mol. The number of hydrogen-bond donors (Lipinski definition) is 0. The van der Waals surface area contributed by atoms with Gasteiger partial charge in [-0.25, -0.2) is 0 Å². The van der Waals surface area contributed by atoms with E-state index in [0.29, 0.717) is 11.0 Å². The van der Waals surface area contributed by atoms with Gasteiger partial charge in [0.2, 0.25) is 0 Å². The third kappa shape index (κ3) is 2.27. The van der Waals surface area contributed by atoms with Crippen LogP contribution < -0.4 is 5.46 Å². The van der Waals surface area contributed by atoms with Crippen molar-refractivity contribution in [3.63, 3.8) is 0 Å². The lowest BCUT2D eigenvalue weighted by molar-refractivity contribution is -0.0329. The van der Waals surface area contributed by atoms with Gasteiger partial charge < -0.3 is 4.40 Å². The number of halogens is 3. The minimum atomic E-state index is -4.44. The summed E-state index contributed by atoms with van der Waals surface area (Å²) in [4.78, 5) is 0. The van der Waals surface area contributed by atoms with E-state index in [4.69, 9.17) is 13.1 Å². The maximum Gasteiger partial charge on any atom is 0.447 e. The molecule has 0 N–H and O–H groups in total. The molecular weight excluding hydrogens is 248 g/mol. The molecule has 2 aromatic heterocycles. The van der Waals surface area contributed by atoms with Gasteiger partial charge in [0.15, 0.2) is 0 Å². The largest absolute Gasteiger partial charge is 0.447 e. The standard InChI is InChI=1S/C10H4BF3N2S/c11-7-2-1-3-16-8(7)4-6(5-15)9(16)17-10(12,13)14/h1-4H. The maximum absolute atomic E-state index is 12.4. The SMILES string of the molecule is [B]c1cccn2c(SC(F)(F)F)c(C#N)cc12. The third-order valence-electron chi connectivity index (χ3n) is 2.13. The van der Waals surface area contributed by atoms with Gasteiger partial charge in [-0.1, -0.05) is 11.5 Å². The van der Waals surface area contributed by atoms with Crippen molar-refractivity contribution in [2.75, 3.05) is 0 Å². The number of thioether (sulfide) groups is 1. The number of nitrogens with zero attached hydrogens (tertiary/aromatic N) is 2. The van der Waals surface area contributed by atoms with Crippen LogP contribution in [0.2, 0.25) is 0 Å². The van der Waals surface area contributed by atoms with E-state index < -0.39 is 5.51 Å². The molecule has 2 rings (SSSR count). The number of fused-ring (bicyclic) bond motifs is 1. The first-order valence-electron chi connectivity index (χ1n) is 4.48. The predicted octanol–water partition coefficient (Wildman–Crippen LogP) is 2.22. The Labute approximate surface area is 100 Å². The molecule has 0 aliphatic rings. The summed E-state index contributed by atoms with van der Waals surface area (Å²) in [5.41, 5.74) is -3.75. The molecule has 0 saturated carbocycles. The van der Waals surface area contributed by atoms with Crippen LogP contribution in [-0.2, 0) is 0 Å². The second kappa shape index (κ2) is 4.04. The molecule has 0 atom stereocenters. The minimum Gasteiger partial charge on any atom is -0.311 e. The van der Waals surface area contributed by atoms with E-state index in [9.17, 15) is 13.2 Å². The van der Waals surface area contributed by atoms with Gasteiger partial charge in [-0.15, -0.1) is 0 Å². The lowest BCUT2D eigenvalue weighted by Gasteiger charge is -2.07. The molecule has 2 aromatic rings. The van der Waals surface area contributed by atoms with E-state index in [1.165, 1.54) is 22.7 Å². The second-order valence-electron chi connectivity index (χ2n) is 3.24. The summed E-state index contributed by atoms with van der Waals surface area (Å²) in [5, 5.41) is 8.66. The average Bonchev–Trinajstić information content (AvgIpc) is 2.56. The quantitative estimate of drug-likeness (QED) is 0.575. The summed E-state index contributed by atoms with van der Waals surface area (Å²) in [6.07, 6.45) is 1.45. The first-order valence-corrected chi connectivity index (χ1v) is 5.29. The van der Waals surface area contributed by atoms with Crippen LogP contribution in [-0.4, -0.2) is 17.8 Å². The summed E-state index contributed by atoms with van der Waals surface area (Å²) in [5.74, 6) is 0. The van der Waals surface area contributed by atoms with E-state index >= 15 is 0 Å². The summed E-state index contributed by atoms with van der Waals surface area (Å²) >= 11 is -0.318. The van der Waals surface area contributed by atoms with E-state index in [-0.39, 0.29) is 22.4 Å². The smallest absolute Gasteiger partial charge is 0.311 e. The lowest BCUT2D eigenvalue weighted by atomic mass is 9.96. The van der Waals surface area contributed by atoms with Crippen LogP contribution in [0.25, 0.3) is 5.52 Å². The van der Waals surface area contributed by atoms with Gasteiger partial charge in [0.25, 0.3) is 0 Å². The Balaban J connectivity index is 2.68. The number of rotatable bonds is 1. The van der Waals surface area contributed by atoms with Crippen LogP contribution in [0.5, 0.6) is 0 Å². The number of pyridine rings is 1. The normalized spacial score (nSPS) is 11.6. The van der Waals surface area contributed by atoms with Gasteiger partial charge in [-0.3, -0.25) is 0 Å². The fourth-order valence-electron chi connectivity index (χ4n) is 1.49. The lowest BCUT2D eigenvalue weighted by Crippen LogP contribution is -2.07. The van der Waals surface area contributed by atoms with Crippen LogP contribution in [0.4, 0.5) is 13.2 Å². The van der Waals surface area contributed by atoms with Crippen molar-refractivity contribution in [2.24, 2.45) is 0 Å². The van der Waals surface area contributed by atoms with E-state index in [2.05, 4.69) is 0 Å². The summed E-state index contributed by atoms with van der Waals surface area (Å²) in [6, 6.07) is 6.19. The molecule has 84 valence electrons. The van der Waals surface area contributed by atoms with Crippen molar-refractivity contribution < 1.29 is 13.2 Å². The zero-order valence-corrected chi connectivity index (χ0v) is 9.14. The minimum absolute atomic E-state index is 0.0368. The fraction of sp³-hybridized carbons (Fsp3) is 0.100. The van der Waals surface area contributed by atoms with Crippen molar-refractivity contribution in [3.05, 3.63) is 30.0 Å². The van der Waals surface area contributed by atoms with E-state index in [1.807, 2.05) is 0 Å². The van der Waals surface area contributed by atoms with Crippen LogP contribution in [0.1, 0.15) is 5.56 Å². The van der Waals surface area contributed by atoms with Crippen LogP contribution in [0, 0.1) is 11.3 Å². The molecule has 2 nitrogen and oxygen atoms in total. The second-order valence-corrected chi connectivity index (χ2v) is 4.30. The van der Waals surface area contributed by atoms with Crippen molar-refractivity contribution in [1.29, 1.82) is 5.26 Å². The van der Waals surface area contributed by atoms with Gasteiger partial charge in [0.05, 0.1) is 5.56 Å². The topological polar surface area (TPSA) is 28.2 Å². The molecule has 0 fully saturated rings. The molecule has 0 saturated heterocycles. The Morgan fingerprint density at radius 3 is 2.71 bits per heavy atom. The van der Waals surface area contributed by atoms with Gasteiger partial charge in [-0.2, -0.15) is 18.4 Å². The molecule has 0 aliphatic carbocycles. The zero-order valence-electron chi connectivity index (χ0n) is 8.32. The first-order chi connectivity index (χ1) is 7.92. The molecular formula is C10H4BF3N2S. The Hall–Kier alpha value is -1.55. The molecule has 2 heterocycles. The Morgan fingerprint density at radius 2 is 2.12 bits per heavy atom. The number of alkyl halides is 3. The van der Waals surface area contributed by atoms with Crippen LogP contribution in [0.15, 0.2) is 29.4 Å². The van der Waals surface area contributed by atoms with Gasteiger partial charge in [-0.05, 0) is 12.1 Å². The van der Waals surface area contributed by atoms with Crippen LogP contribution in [0.3, 0.4) is 0 Å². The summed E-state index contributed by atoms with van der Waals surface area (Å²) < 4.78 is 38.4. The first kappa shape index (κ1) is 11.9. The van der Waals surface area contributed by atoms with Crippen molar-refractivity contribution >= 4 is 30.6 Å². The highest BCUT2D eigenvalue weighted by Crippen LogP contribution is 2.39. The molecule has 7 heteroatoms. The molecule has 0 aromatic carbocycles. The summed E-state index contributed by atoms with van der Waals surface area (Å²) in [7, 11) is 5.64. The maximum atomic E-state index is 12.4. The highest BCUT2D eigenvalue weighted by atomic mass is 32.2. The molecule has 0 amide bonds. The number of hydrogen-bond acceptors (Lipinski definition) is 2.